The summed E-state index contributed by atoms with van der Waals surface area (Å²) >= 11 is 0. The van der Waals surface area contributed by atoms with Gasteiger partial charge in [0.05, 0.1) is 6.61 Å². The van der Waals surface area contributed by atoms with Gasteiger partial charge in [0.2, 0.25) is 0 Å². The number of hydrogen-bond acceptors (Lipinski definition) is 3. The Morgan fingerprint density at radius 1 is 0.955 bits per heavy atom. The maximum absolute atomic E-state index is 12.3. The van der Waals surface area contributed by atoms with Gasteiger partial charge in [-0.15, -0.1) is 0 Å². The monoisotopic (exact) mass is 299 g/mol. The smallest absolute Gasteiger partial charge is 0.264 e. The quantitative estimate of drug-likeness (QED) is 0.785. The molecule has 0 atom stereocenters. The van der Waals surface area contributed by atoms with E-state index in [9.17, 15) is 4.79 Å². The third kappa shape index (κ3) is 4.25. The minimum absolute atomic E-state index is 0.00167. The summed E-state index contributed by atoms with van der Waals surface area (Å²) < 4.78 is 11.0. The van der Waals surface area contributed by atoms with Crippen LogP contribution in [0.2, 0.25) is 0 Å². The van der Waals surface area contributed by atoms with E-state index in [1.165, 1.54) is 0 Å². The number of carbonyl (C=O) groups excluding carboxylic acids is 1. The van der Waals surface area contributed by atoms with Crippen LogP contribution in [0, 0.1) is 0 Å². The van der Waals surface area contributed by atoms with Gasteiger partial charge in [-0.3, -0.25) is 4.79 Å². The van der Waals surface area contributed by atoms with E-state index in [1.807, 2.05) is 62.4 Å². The van der Waals surface area contributed by atoms with E-state index < -0.39 is 0 Å². The number of carbonyl (C=O) groups is 1. The molecule has 0 N–H and O–H groups in total. The van der Waals surface area contributed by atoms with Crippen LogP contribution in [0.5, 0.6) is 11.5 Å². The van der Waals surface area contributed by atoms with E-state index in [0.29, 0.717) is 18.9 Å². The average molecular weight is 299 g/mol. The summed E-state index contributed by atoms with van der Waals surface area (Å²) in [6.45, 7) is 5.07. The minimum atomic E-state index is -0.0736. The molecule has 0 radical (unpaired) electrons. The summed E-state index contributed by atoms with van der Waals surface area (Å²) in [5, 5.41) is 0. The Kier molecular flexibility index (Phi) is 5.83. The number of anilines is 1. The Morgan fingerprint density at radius 2 is 1.64 bits per heavy atom. The van der Waals surface area contributed by atoms with Gasteiger partial charge in [-0.05, 0) is 38.1 Å². The lowest BCUT2D eigenvalue weighted by Crippen LogP contribution is -2.34. The third-order valence-electron chi connectivity index (χ3n) is 3.16. The summed E-state index contributed by atoms with van der Waals surface area (Å²) in [5.41, 5.74) is 0.877. The molecule has 0 bridgehead atoms. The number of benzene rings is 2. The van der Waals surface area contributed by atoms with Crippen molar-refractivity contribution in [3.8, 4) is 11.5 Å². The first-order valence-corrected chi connectivity index (χ1v) is 7.45. The van der Waals surface area contributed by atoms with Crippen molar-refractivity contribution in [1.29, 1.82) is 0 Å². The van der Waals surface area contributed by atoms with Gasteiger partial charge in [-0.2, -0.15) is 0 Å². The Hall–Kier alpha value is -2.49. The molecule has 2 aromatic carbocycles. The van der Waals surface area contributed by atoms with Crippen LogP contribution in [-0.4, -0.2) is 25.7 Å². The molecule has 0 heterocycles. The summed E-state index contributed by atoms with van der Waals surface area (Å²) in [5.74, 6) is 1.29. The predicted molar refractivity (Wildman–Crippen MR) is 87.6 cm³/mol. The molecule has 116 valence electrons. The SMILES string of the molecule is CCOc1cccc(OCC(=O)N(CC)c2ccccc2)c1. The van der Waals surface area contributed by atoms with E-state index in [4.69, 9.17) is 9.47 Å². The molecule has 1 amide bonds. The lowest BCUT2D eigenvalue weighted by Gasteiger charge is -2.21. The van der Waals surface area contributed by atoms with Crippen molar-refractivity contribution in [1.82, 2.24) is 0 Å². The highest BCUT2D eigenvalue weighted by molar-refractivity contribution is 5.94. The Bertz CT molecular complexity index is 598. The molecular weight excluding hydrogens is 278 g/mol. The molecule has 0 fully saturated rings. The molecule has 0 aliphatic carbocycles. The van der Waals surface area contributed by atoms with Crippen molar-refractivity contribution in [3.63, 3.8) is 0 Å². The second-order valence-corrected chi connectivity index (χ2v) is 4.67. The molecule has 0 unspecified atom stereocenters. The number of likely N-dealkylation sites (N-methyl/N-ethyl adjacent to an activating group) is 1. The number of hydrogen-bond donors (Lipinski definition) is 0. The highest BCUT2D eigenvalue weighted by Crippen LogP contribution is 2.20. The third-order valence-corrected chi connectivity index (χ3v) is 3.16. The van der Waals surface area contributed by atoms with E-state index in [1.54, 1.807) is 11.0 Å². The minimum Gasteiger partial charge on any atom is -0.494 e. The lowest BCUT2D eigenvalue weighted by atomic mass is 10.3. The molecule has 0 aromatic heterocycles. The van der Waals surface area contributed by atoms with Gasteiger partial charge in [-0.25, -0.2) is 0 Å². The number of rotatable bonds is 7. The molecule has 0 aliphatic rings. The number of para-hydroxylation sites is 1. The van der Waals surface area contributed by atoms with Crippen LogP contribution >= 0.6 is 0 Å². The highest BCUT2D eigenvalue weighted by Gasteiger charge is 2.14. The first-order valence-electron chi connectivity index (χ1n) is 7.45. The highest BCUT2D eigenvalue weighted by atomic mass is 16.5. The molecule has 4 nitrogen and oxygen atoms in total. The first kappa shape index (κ1) is 15.9. The molecule has 0 spiro atoms. The van der Waals surface area contributed by atoms with E-state index in [-0.39, 0.29) is 12.5 Å². The molecule has 0 saturated heterocycles. The second kappa shape index (κ2) is 8.08. The average Bonchev–Trinajstić information content (AvgIpc) is 2.55. The van der Waals surface area contributed by atoms with Crippen molar-refractivity contribution in [2.75, 3.05) is 24.7 Å². The summed E-state index contributed by atoms with van der Waals surface area (Å²) in [6, 6.07) is 16.9. The van der Waals surface area contributed by atoms with Gasteiger partial charge in [0.25, 0.3) is 5.91 Å². The van der Waals surface area contributed by atoms with Crippen LogP contribution < -0.4 is 14.4 Å². The molecule has 0 aliphatic heterocycles. The normalized spacial score (nSPS) is 10.1. The van der Waals surface area contributed by atoms with Gasteiger partial charge < -0.3 is 14.4 Å². The zero-order valence-electron chi connectivity index (χ0n) is 13.0. The largest absolute Gasteiger partial charge is 0.494 e. The summed E-state index contributed by atoms with van der Waals surface area (Å²) in [7, 11) is 0. The topological polar surface area (TPSA) is 38.8 Å². The first-order chi connectivity index (χ1) is 10.7. The Morgan fingerprint density at radius 3 is 2.27 bits per heavy atom. The van der Waals surface area contributed by atoms with Crippen LogP contribution in [0.4, 0.5) is 5.69 Å². The Balaban J connectivity index is 1.98. The van der Waals surface area contributed by atoms with Crippen LogP contribution in [0.1, 0.15) is 13.8 Å². The molecule has 4 heteroatoms. The number of ether oxygens (including phenoxy) is 2. The summed E-state index contributed by atoms with van der Waals surface area (Å²) in [6.07, 6.45) is 0. The van der Waals surface area contributed by atoms with Gasteiger partial charge in [0.15, 0.2) is 6.61 Å². The van der Waals surface area contributed by atoms with E-state index in [0.717, 1.165) is 11.4 Å². The lowest BCUT2D eigenvalue weighted by molar-refractivity contribution is -0.120. The maximum atomic E-state index is 12.3. The van der Waals surface area contributed by atoms with Crippen molar-refractivity contribution in [2.45, 2.75) is 13.8 Å². The fraction of sp³-hybridized carbons (Fsp3) is 0.278. The van der Waals surface area contributed by atoms with E-state index >= 15 is 0 Å². The summed E-state index contributed by atoms with van der Waals surface area (Å²) in [4.78, 5) is 14.0. The maximum Gasteiger partial charge on any atom is 0.264 e. The van der Waals surface area contributed by atoms with Crippen molar-refractivity contribution < 1.29 is 14.3 Å². The standard InChI is InChI=1S/C18H21NO3/c1-3-19(15-9-6-5-7-10-15)18(20)14-22-17-12-8-11-16(13-17)21-4-2/h5-13H,3-4,14H2,1-2H3. The van der Waals surface area contributed by atoms with Crippen LogP contribution in [-0.2, 0) is 4.79 Å². The molecule has 2 rings (SSSR count). The Labute approximate surface area is 131 Å². The van der Waals surface area contributed by atoms with Gasteiger partial charge in [0.1, 0.15) is 11.5 Å². The molecular formula is C18H21NO3. The van der Waals surface area contributed by atoms with Crippen LogP contribution in [0.3, 0.4) is 0 Å². The zero-order chi connectivity index (χ0) is 15.8. The molecule has 22 heavy (non-hydrogen) atoms. The van der Waals surface area contributed by atoms with Crippen LogP contribution in [0.15, 0.2) is 54.6 Å². The van der Waals surface area contributed by atoms with Gasteiger partial charge in [0, 0.05) is 18.3 Å². The number of nitrogens with zero attached hydrogens (tertiary/aromatic N) is 1. The van der Waals surface area contributed by atoms with Crippen molar-refractivity contribution in [3.05, 3.63) is 54.6 Å². The number of amides is 1. The molecule has 0 saturated carbocycles. The van der Waals surface area contributed by atoms with E-state index in [2.05, 4.69) is 0 Å². The fourth-order valence-electron chi connectivity index (χ4n) is 2.15. The zero-order valence-corrected chi connectivity index (χ0v) is 13.0. The van der Waals surface area contributed by atoms with Crippen LogP contribution in [0.25, 0.3) is 0 Å². The van der Waals surface area contributed by atoms with Crippen molar-refractivity contribution in [2.24, 2.45) is 0 Å². The van der Waals surface area contributed by atoms with Gasteiger partial charge >= 0.3 is 0 Å². The van der Waals surface area contributed by atoms with Crippen molar-refractivity contribution >= 4 is 11.6 Å². The predicted octanol–water partition coefficient (Wildman–Crippen LogP) is 3.52. The fourth-order valence-corrected chi connectivity index (χ4v) is 2.15. The second-order valence-electron chi connectivity index (χ2n) is 4.67. The van der Waals surface area contributed by atoms with Gasteiger partial charge in [-0.1, -0.05) is 24.3 Å². The molecule has 2 aromatic rings.